The highest BCUT2D eigenvalue weighted by atomic mass is 35.5. The van der Waals surface area contributed by atoms with Gasteiger partial charge in [0, 0.05) is 0 Å². The third-order valence-corrected chi connectivity index (χ3v) is 8.34. The van der Waals surface area contributed by atoms with Gasteiger partial charge in [0.25, 0.3) is 10.0 Å². The van der Waals surface area contributed by atoms with Crippen LogP contribution in [0.15, 0.2) is 59.5 Å². The largest absolute Gasteiger partial charge is 0.348 e. The Morgan fingerprint density at radius 2 is 1.50 bits per heavy atom. The van der Waals surface area contributed by atoms with Gasteiger partial charge < -0.3 is 5.32 Å². The summed E-state index contributed by atoms with van der Waals surface area (Å²) in [6.45, 7) is 9.40. The summed E-state index contributed by atoms with van der Waals surface area (Å²) in [6, 6.07) is 14.8. The summed E-state index contributed by atoms with van der Waals surface area (Å²) in [7, 11) is -4.05. The van der Waals surface area contributed by atoms with Crippen molar-refractivity contribution < 1.29 is 13.2 Å². The molecular weight excluding hydrogens is 491 g/mol. The van der Waals surface area contributed by atoms with Gasteiger partial charge in [0.1, 0.15) is 6.54 Å². The number of nitrogens with zero attached hydrogens (tertiary/aromatic N) is 1. The van der Waals surface area contributed by atoms with E-state index in [1.54, 1.807) is 12.1 Å². The van der Waals surface area contributed by atoms with E-state index >= 15 is 0 Å². The zero-order chi connectivity index (χ0) is 25.2. The second-order valence-corrected chi connectivity index (χ2v) is 11.2. The molecule has 0 aliphatic rings. The van der Waals surface area contributed by atoms with Crippen molar-refractivity contribution in [3.05, 3.63) is 92.5 Å². The van der Waals surface area contributed by atoms with Gasteiger partial charge in [-0.1, -0.05) is 53.0 Å². The second-order valence-electron chi connectivity index (χ2n) is 8.51. The lowest BCUT2D eigenvalue weighted by molar-refractivity contribution is -0.120. The molecule has 8 heteroatoms. The van der Waals surface area contributed by atoms with Gasteiger partial charge in [-0.25, -0.2) is 8.42 Å². The normalized spacial score (nSPS) is 12.3. The predicted octanol–water partition coefficient (Wildman–Crippen LogP) is 6.30. The van der Waals surface area contributed by atoms with E-state index in [1.807, 2.05) is 34.6 Å². The number of hydrogen-bond acceptors (Lipinski definition) is 3. The molecule has 0 fully saturated rings. The van der Waals surface area contributed by atoms with Crippen molar-refractivity contribution >= 4 is 44.8 Å². The van der Waals surface area contributed by atoms with Crippen LogP contribution in [0.1, 0.15) is 40.8 Å². The molecule has 0 radical (unpaired) electrons. The fourth-order valence-corrected chi connectivity index (χ4v) is 5.44. The van der Waals surface area contributed by atoms with Crippen LogP contribution in [0.4, 0.5) is 5.69 Å². The molecule has 0 saturated heterocycles. The Morgan fingerprint density at radius 1 is 0.882 bits per heavy atom. The number of halogens is 2. The van der Waals surface area contributed by atoms with E-state index < -0.39 is 22.5 Å². The summed E-state index contributed by atoms with van der Waals surface area (Å²) < 4.78 is 28.1. The van der Waals surface area contributed by atoms with E-state index in [0.29, 0.717) is 5.02 Å². The van der Waals surface area contributed by atoms with E-state index in [9.17, 15) is 13.2 Å². The van der Waals surface area contributed by atoms with Gasteiger partial charge in [-0.15, -0.1) is 0 Å². The molecule has 0 heterocycles. The minimum Gasteiger partial charge on any atom is -0.348 e. The molecule has 0 aliphatic heterocycles. The molecule has 0 aromatic heterocycles. The van der Waals surface area contributed by atoms with Crippen LogP contribution in [-0.2, 0) is 14.8 Å². The first-order valence-electron chi connectivity index (χ1n) is 10.8. The van der Waals surface area contributed by atoms with Crippen LogP contribution >= 0.6 is 23.2 Å². The standard InChI is InChI=1S/C26H28Cl2N2O3S/c1-16-6-9-22(10-7-16)34(32,33)30(21-8-11-24(27)25(28)14-21)15-26(31)29-20(5)23-13-18(3)17(2)12-19(23)4/h6-14,20H,15H2,1-5H3,(H,29,31). The summed E-state index contributed by atoms with van der Waals surface area (Å²) in [5.41, 5.74) is 5.52. The third kappa shape index (κ3) is 5.74. The SMILES string of the molecule is Cc1ccc(S(=O)(=O)N(CC(=O)NC(C)c2cc(C)c(C)cc2C)c2ccc(Cl)c(Cl)c2)cc1. The number of carbonyl (C=O) groups is 1. The Balaban J connectivity index is 1.94. The van der Waals surface area contributed by atoms with Gasteiger partial charge in [-0.2, -0.15) is 0 Å². The molecule has 1 N–H and O–H groups in total. The van der Waals surface area contributed by atoms with Gasteiger partial charge in [0.15, 0.2) is 0 Å². The maximum atomic E-state index is 13.5. The molecule has 1 amide bonds. The zero-order valence-corrected chi connectivity index (χ0v) is 22.1. The average molecular weight is 519 g/mol. The van der Waals surface area contributed by atoms with Crippen molar-refractivity contribution in [2.75, 3.05) is 10.8 Å². The first-order valence-corrected chi connectivity index (χ1v) is 13.0. The fraction of sp³-hybridized carbons (Fsp3) is 0.269. The lowest BCUT2D eigenvalue weighted by atomic mass is 9.96. The molecule has 0 spiro atoms. The number of nitrogens with one attached hydrogen (secondary N) is 1. The Bertz CT molecular complexity index is 1320. The highest BCUT2D eigenvalue weighted by Gasteiger charge is 2.28. The molecular formula is C26H28Cl2N2O3S. The molecule has 0 bridgehead atoms. The Kier molecular flexibility index (Phi) is 7.96. The van der Waals surface area contributed by atoms with Crippen LogP contribution < -0.4 is 9.62 Å². The van der Waals surface area contributed by atoms with Gasteiger partial charge in [-0.3, -0.25) is 9.10 Å². The molecule has 3 rings (SSSR count). The van der Waals surface area contributed by atoms with E-state index in [2.05, 4.69) is 17.4 Å². The van der Waals surface area contributed by atoms with Crippen LogP contribution in [-0.4, -0.2) is 20.9 Å². The van der Waals surface area contributed by atoms with Crippen molar-refractivity contribution in [3.8, 4) is 0 Å². The van der Waals surface area contributed by atoms with Gasteiger partial charge >= 0.3 is 0 Å². The topological polar surface area (TPSA) is 66.5 Å². The molecule has 34 heavy (non-hydrogen) atoms. The minimum absolute atomic E-state index is 0.0787. The van der Waals surface area contributed by atoms with Gasteiger partial charge in [0.2, 0.25) is 5.91 Å². The number of anilines is 1. The third-order valence-electron chi connectivity index (χ3n) is 5.81. The number of hydrogen-bond donors (Lipinski definition) is 1. The molecule has 3 aromatic carbocycles. The first-order chi connectivity index (χ1) is 15.9. The van der Waals surface area contributed by atoms with Crippen molar-refractivity contribution in [1.82, 2.24) is 5.32 Å². The van der Waals surface area contributed by atoms with Crippen LogP contribution in [0.25, 0.3) is 0 Å². The number of benzene rings is 3. The first kappa shape index (κ1) is 26.1. The van der Waals surface area contributed by atoms with Crippen molar-refractivity contribution in [2.24, 2.45) is 0 Å². The molecule has 3 aromatic rings. The minimum atomic E-state index is -4.05. The summed E-state index contributed by atoms with van der Waals surface area (Å²) in [4.78, 5) is 13.2. The lowest BCUT2D eigenvalue weighted by Gasteiger charge is -2.26. The quantitative estimate of drug-likeness (QED) is 0.399. The number of aryl methyl sites for hydroxylation is 4. The highest BCUT2D eigenvalue weighted by Crippen LogP contribution is 2.31. The summed E-state index contributed by atoms with van der Waals surface area (Å²) in [5.74, 6) is -0.438. The Morgan fingerprint density at radius 3 is 2.12 bits per heavy atom. The van der Waals surface area contributed by atoms with E-state index in [-0.39, 0.29) is 21.6 Å². The zero-order valence-electron chi connectivity index (χ0n) is 19.8. The molecule has 0 aliphatic carbocycles. The second kappa shape index (κ2) is 10.4. The lowest BCUT2D eigenvalue weighted by Crippen LogP contribution is -2.41. The summed E-state index contributed by atoms with van der Waals surface area (Å²) in [5, 5.41) is 3.43. The Labute approximate surface area is 211 Å². The fourth-order valence-electron chi connectivity index (χ4n) is 3.74. The summed E-state index contributed by atoms with van der Waals surface area (Å²) in [6.07, 6.45) is 0. The van der Waals surface area contributed by atoms with Crippen molar-refractivity contribution in [2.45, 2.75) is 45.6 Å². The van der Waals surface area contributed by atoms with Crippen LogP contribution in [0.5, 0.6) is 0 Å². The van der Waals surface area contributed by atoms with Gasteiger partial charge in [-0.05, 0) is 87.2 Å². The van der Waals surface area contributed by atoms with Gasteiger partial charge in [0.05, 0.1) is 26.7 Å². The molecule has 1 atom stereocenters. The predicted molar refractivity (Wildman–Crippen MR) is 139 cm³/mol. The van der Waals surface area contributed by atoms with E-state index in [1.165, 1.54) is 35.9 Å². The number of carbonyl (C=O) groups excluding carboxylic acids is 1. The number of rotatable bonds is 7. The van der Waals surface area contributed by atoms with Crippen LogP contribution in [0.2, 0.25) is 10.0 Å². The van der Waals surface area contributed by atoms with E-state index in [0.717, 1.165) is 26.6 Å². The number of amides is 1. The van der Waals surface area contributed by atoms with Crippen molar-refractivity contribution in [1.29, 1.82) is 0 Å². The maximum Gasteiger partial charge on any atom is 0.264 e. The van der Waals surface area contributed by atoms with Crippen LogP contribution in [0, 0.1) is 27.7 Å². The van der Waals surface area contributed by atoms with Crippen molar-refractivity contribution in [3.63, 3.8) is 0 Å². The van der Waals surface area contributed by atoms with E-state index in [4.69, 9.17) is 23.2 Å². The molecule has 5 nitrogen and oxygen atoms in total. The maximum absolute atomic E-state index is 13.5. The molecule has 0 saturated carbocycles. The molecule has 180 valence electrons. The highest BCUT2D eigenvalue weighted by molar-refractivity contribution is 7.92. The monoisotopic (exact) mass is 518 g/mol. The Hall–Kier alpha value is -2.54. The average Bonchev–Trinajstić information content (AvgIpc) is 2.76. The smallest absolute Gasteiger partial charge is 0.264 e. The number of sulfonamides is 1. The summed E-state index contributed by atoms with van der Waals surface area (Å²) >= 11 is 12.2. The van der Waals surface area contributed by atoms with Crippen LogP contribution in [0.3, 0.4) is 0 Å². The molecule has 1 unspecified atom stereocenters.